The van der Waals surface area contributed by atoms with Gasteiger partial charge in [-0.25, -0.2) is 4.79 Å². The van der Waals surface area contributed by atoms with Crippen LogP contribution in [0.4, 0.5) is 16.2 Å². The quantitative estimate of drug-likeness (QED) is 0.290. The normalized spacial score (nSPS) is 16.5. The van der Waals surface area contributed by atoms with Crippen LogP contribution in [-0.2, 0) is 16.2 Å². The van der Waals surface area contributed by atoms with E-state index in [9.17, 15) is 9.59 Å². The van der Waals surface area contributed by atoms with Crippen molar-refractivity contribution in [3.05, 3.63) is 70.7 Å². The summed E-state index contributed by atoms with van der Waals surface area (Å²) in [5, 5.41) is 12.7. The zero-order chi connectivity index (χ0) is 26.1. The highest BCUT2D eigenvalue weighted by atomic mass is 35.5. The largest absolute Gasteiger partial charge is 0.399 e. The number of likely N-dealkylation sites (tertiary alicyclic amines) is 1. The SMILES string of the molecule is CCn1c2ccccc2c2cc(NC(=O)[C@@H]3CC(=NOC)CN3C(=O)Nc3cc(Cl)cc(Cl)c3)ccc21. The first-order valence-corrected chi connectivity index (χ1v) is 12.6. The second-order valence-corrected chi connectivity index (χ2v) is 9.63. The van der Waals surface area contributed by atoms with E-state index in [4.69, 9.17) is 28.0 Å². The van der Waals surface area contributed by atoms with E-state index in [0.717, 1.165) is 28.4 Å². The molecule has 1 aromatic heterocycles. The highest BCUT2D eigenvalue weighted by molar-refractivity contribution is 6.35. The van der Waals surface area contributed by atoms with Gasteiger partial charge >= 0.3 is 6.03 Å². The zero-order valence-electron chi connectivity index (χ0n) is 20.3. The van der Waals surface area contributed by atoms with E-state index in [1.807, 2.05) is 30.3 Å². The van der Waals surface area contributed by atoms with Gasteiger partial charge in [-0.15, -0.1) is 0 Å². The van der Waals surface area contributed by atoms with E-state index in [0.29, 0.717) is 27.1 Å². The molecule has 5 rings (SSSR count). The van der Waals surface area contributed by atoms with Gasteiger partial charge in [-0.2, -0.15) is 0 Å². The Labute approximate surface area is 223 Å². The molecule has 190 valence electrons. The highest BCUT2D eigenvalue weighted by Crippen LogP contribution is 2.31. The van der Waals surface area contributed by atoms with E-state index in [2.05, 4.69) is 39.4 Å². The van der Waals surface area contributed by atoms with Crippen LogP contribution in [0.25, 0.3) is 21.8 Å². The molecule has 0 radical (unpaired) electrons. The molecule has 1 saturated heterocycles. The molecule has 0 spiro atoms. The van der Waals surface area contributed by atoms with Crippen LogP contribution in [0, 0.1) is 0 Å². The van der Waals surface area contributed by atoms with Gasteiger partial charge in [0.05, 0.1) is 12.3 Å². The molecule has 8 nitrogen and oxygen atoms in total. The lowest BCUT2D eigenvalue weighted by molar-refractivity contribution is -0.119. The Morgan fingerprint density at radius 3 is 2.43 bits per heavy atom. The van der Waals surface area contributed by atoms with Crippen molar-refractivity contribution in [2.75, 3.05) is 24.3 Å². The van der Waals surface area contributed by atoms with Crippen molar-refractivity contribution >= 4 is 74.0 Å². The van der Waals surface area contributed by atoms with Crippen LogP contribution in [0.15, 0.2) is 65.8 Å². The molecule has 0 bridgehead atoms. The Morgan fingerprint density at radius 2 is 1.70 bits per heavy atom. The lowest BCUT2D eigenvalue weighted by atomic mass is 10.1. The molecule has 1 aliphatic heterocycles. The highest BCUT2D eigenvalue weighted by Gasteiger charge is 2.38. The molecule has 3 aromatic carbocycles. The molecule has 2 heterocycles. The number of nitrogens with one attached hydrogen (secondary N) is 2. The van der Waals surface area contributed by atoms with Gasteiger partial charge in [0.1, 0.15) is 13.2 Å². The van der Waals surface area contributed by atoms with Crippen molar-refractivity contribution in [1.29, 1.82) is 0 Å². The maximum Gasteiger partial charge on any atom is 0.322 e. The van der Waals surface area contributed by atoms with Crippen LogP contribution in [0.1, 0.15) is 13.3 Å². The number of carbonyl (C=O) groups is 2. The topological polar surface area (TPSA) is 88.0 Å². The van der Waals surface area contributed by atoms with Crippen LogP contribution in [0.2, 0.25) is 10.0 Å². The van der Waals surface area contributed by atoms with Gasteiger partial charge in [-0.1, -0.05) is 46.6 Å². The fourth-order valence-corrected chi connectivity index (χ4v) is 5.39. The maximum atomic E-state index is 13.4. The first-order valence-electron chi connectivity index (χ1n) is 11.8. The standard InChI is InChI=1S/C27H25Cl2N5O3/c1-3-33-23-7-5-4-6-21(23)22-13-18(8-9-24(22)33)30-26(35)25-14-20(32-37-2)15-34(25)27(36)31-19-11-16(28)10-17(29)12-19/h4-13,25H,3,14-15H2,1-2H3,(H,30,35)(H,31,36)/t25-/m0/s1. The summed E-state index contributed by atoms with van der Waals surface area (Å²) in [7, 11) is 1.43. The molecule has 1 atom stereocenters. The minimum Gasteiger partial charge on any atom is -0.399 e. The number of para-hydroxylation sites is 1. The van der Waals surface area contributed by atoms with Crippen molar-refractivity contribution < 1.29 is 14.4 Å². The Bertz CT molecular complexity index is 1530. The van der Waals surface area contributed by atoms with Gasteiger partial charge in [0.15, 0.2) is 0 Å². The number of carbonyl (C=O) groups excluding carboxylic acids is 2. The van der Waals surface area contributed by atoms with Crippen LogP contribution in [-0.4, -0.2) is 46.8 Å². The number of halogens is 2. The fraction of sp³-hybridized carbons (Fsp3) is 0.222. The first kappa shape index (κ1) is 24.9. The number of aryl methyl sites for hydroxylation is 1. The molecule has 0 saturated carbocycles. The van der Waals surface area contributed by atoms with Crippen molar-refractivity contribution in [3.8, 4) is 0 Å². The summed E-state index contributed by atoms with van der Waals surface area (Å²) in [6.07, 6.45) is 0.251. The van der Waals surface area contributed by atoms with E-state index < -0.39 is 12.1 Å². The smallest absolute Gasteiger partial charge is 0.322 e. The summed E-state index contributed by atoms with van der Waals surface area (Å²) in [4.78, 5) is 32.9. The number of anilines is 2. The van der Waals surface area contributed by atoms with Crippen molar-refractivity contribution in [1.82, 2.24) is 9.47 Å². The Morgan fingerprint density at radius 1 is 0.973 bits per heavy atom. The molecule has 10 heteroatoms. The van der Waals surface area contributed by atoms with Gasteiger partial charge in [0.2, 0.25) is 5.91 Å². The van der Waals surface area contributed by atoms with Gasteiger partial charge in [0.25, 0.3) is 0 Å². The number of aromatic nitrogens is 1. The van der Waals surface area contributed by atoms with Crippen molar-refractivity contribution in [3.63, 3.8) is 0 Å². The predicted octanol–water partition coefficient (Wildman–Crippen LogP) is 6.37. The number of urea groups is 1. The summed E-state index contributed by atoms with van der Waals surface area (Å²) in [6, 6.07) is 17.5. The third kappa shape index (κ3) is 4.95. The number of oxime groups is 1. The Kier molecular flexibility index (Phi) is 6.95. The van der Waals surface area contributed by atoms with Crippen LogP contribution >= 0.6 is 23.2 Å². The third-order valence-electron chi connectivity index (χ3n) is 6.41. The molecule has 1 fully saturated rings. The number of nitrogens with zero attached hydrogens (tertiary/aromatic N) is 3. The molecule has 2 N–H and O–H groups in total. The fourth-order valence-electron chi connectivity index (χ4n) is 4.87. The van der Waals surface area contributed by atoms with Crippen LogP contribution in [0.3, 0.4) is 0 Å². The average Bonchev–Trinajstić information content (AvgIpc) is 3.43. The van der Waals surface area contributed by atoms with Gasteiger partial charge in [-0.3, -0.25) is 4.79 Å². The molecule has 37 heavy (non-hydrogen) atoms. The molecule has 3 amide bonds. The number of hydrogen-bond donors (Lipinski definition) is 2. The second kappa shape index (κ2) is 10.3. The number of amides is 3. The first-order chi connectivity index (χ1) is 17.9. The van der Waals surface area contributed by atoms with E-state index in [-0.39, 0.29) is 18.9 Å². The summed E-state index contributed by atoms with van der Waals surface area (Å²) < 4.78 is 2.24. The Hall–Kier alpha value is -3.75. The Balaban J connectivity index is 1.41. The number of hydrogen-bond acceptors (Lipinski definition) is 4. The van der Waals surface area contributed by atoms with Crippen LogP contribution < -0.4 is 10.6 Å². The van der Waals surface area contributed by atoms with Gasteiger partial charge in [0, 0.05) is 56.2 Å². The summed E-state index contributed by atoms with van der Waals surface area (Å²) in [6.45, 7) is 3.09. The molecule has 4 aromatic rings. The summed E-state index contributed by atoms with van der Waals surface area (Å²) in [5.74, 6) is -0.320. The van der Waals surface area contributed by atoms with E-state index in [1.165, 1.54) is 12.0 Å². The molecular formula is C27H25Cl2N5O3. The van der Waals surface area contributed by atoms with Crippen molar-refractivity contribution in [2.45, 2.75) is 25.9 Å². The molecule has 0 aliphatic carbocycles. The molecule has 1 aliphatic rings. The number of fused-ring (bicyclic) bond motifs is 3. The summed E-state index contributed by atoms with van der Waals surface area (Å²) >= 11 is 12.1. The zero-order valence-corrected chi connectivity index (χ0v) is 21.8. The van der Waals surface area contributed by atoms with Crippen molar-refractivity contribution in [2.24, 2.45) is 5.16 Å². The van der Waals surface area contributed by atoms with Crippen LogP contribution in [0.5, 0.6) is 0 Å². The minimum absolute atomic E-state index is 0.148. The van der Waals surface area contributed by atoms with E-state index in [1.54, 1.807) is 18.2 Å². The molecular weight excluding hydrogens is 513 g/mol. The van der Waals surface area contributed by atoms with Gasteiger partial charge < -0.3 is 24.9 Å². The van der Waals surface area contributed by atoms with E-state index >= 15 is 0 Å². The maximum absolute atomic E-state index is 13.4. The average molecular weight is 538 g/mol. The third-order valence-corrected chi connectivity index (χ3v) is 6.85. The predicted molar refractivity (Wildman–Crippen MR) is 149 cm³/mol. The van der Waals surface area contributed by atoms with Gasteiger partial charge in [-0.05, 0) is 49.4 Å². The molecule has 0 unspecified atom stereocenters. The monoisotopic (exact) mass is 537 g/mol. The summed E-state index contributed by atoms with van der Waals surface area (Å²) in [5.41, 5.74) is 3.90. The lowest BCUT2D eigenvalue weighted by Gasteiger charge is -2.23. The minimum atomic E-state index is -0.781. The lowest BCUT2D eigenvalue weighted by Crippen LogP contribution is -2.45. The second-order valence-electron chi connectivity index (χ2n) is 8.76. The number of benzene rings is 3. The number of rotatable bonds is 5.